The minimum Gasteiger partial charge on any atom is -0.383 e. The summed E-state index contributed by atoms with van der Waals surface area (Å²) in [6, 6.07) is 13.3. The molecule has 200 valence electrons. The molecule has 2 aliphatic rings. The first-order valence-corrected chi connectivity index (χ1v) is 13.5. The van der Waals surface area contributed by atoms with Crippen LogP contribution in [0, 0.1) is 11.8 Å². The van der Waals surface area contributed by atoms with Crippen molar-refractivity contribution in [3.05, 3.63) is 66.0 Å². The van der Waals surface area contributed by atoms with Crippen LogP contribution in [-0.2, 0) is 16.1 Å². The van der Waals surface area contributed by atoms with Gasteiger partial charge in [0.05, 0.1) is 12.2 Å². The summed E-state index contributed by atoms with van der Waals surface area (Å²) in [4.78, 5) is 35.3. The van der Waals surface area contributed by atoms with Gasteiger partial charge in [-0.1, -0.05) is 36.8 Å². The highest BCUT2D eigenvalue weighted by Gasteiger charge is 2.42. The van der Waals surface area contributed by atoms with E-state index in [1.165, 1.54) is 12.0 Å². The number of methoxy groups -OCH3 is 1. The zero-order valence-electron chi connectivity index (χ0n) is 21.9. The second-order valence-corrected chi connectivity index (χ2v) is 10.4. The van der Waals surface area contributed by atoms with E-state index < -0.39 is 6.04 Å². The number of nitrogens with zero attached hydrogens (tertiary/aromatic N) is 3. The number of nitrogens with one attached hydrogen (secondary N) is 1. The highest BCUT2D eigenvalue weighted by Crippen LogP contribution is 2.29. The van der Waals surface area contributed by atoms with Crippen LogP contribution in [0.2, 0.25) is 0 Å². The number of nitrogens with two attached hydrogens (primary N) is 1. The van der Waals surface area contributed by atoms with Gasteiger partial charge in [-0.3, -0.25) is 19.5 Å². The standard InChI is InChI=1S/C29H41N5O3/c1-37-14-13-33(20-22-7-3-2-4-8-22)26-16-27(34(21-26)29(36)25-11-6-12-31-19-25)28(35)32-18-24-10-5-9-23(15-24)17-30/h2-4,6-8,11-12,19,23-24,26-27H,5,9-10,13-18,20-21,30H2,1H3,(H,32,35). The molecular formula is C29H41N5O3. The van der Waals surface area contributed by atoms with Gasteiger partial charge in [0.1, 0.15) is 6.04 Å². The number of ether oxygens (including phenoxy) is 1. The van der Waals surface area contributed by atoms with Gasteiger partial charge in [0.2, 0.25) is 5.91 Å². The molecule has 0 spiro atoms. The second-order valence-electron chi connectivity index (χ2n) is 10.4. The predicted molar refractivity (Wildman–Crippen MR) is 144 cm³/mol. The first-order valence-electron chi connectivity index (χ1n) is 13.5. The van der Waals surface area contributed by atoms with E-state index in [4.69, 9.17) is 10.5 Å². The van der Waals surface area contributed by atoms with E-state index >= 15 is 0 Å². The molecule has 4 rings (SSSR count). The van der Waals surface area contributed by atoms with Gasteiger partial charge in [0.15, 0.2) is 0 Å². The Labute approximate surface area is 220 Å². The molecule has 8 nitrogen and oxygen atoms in total. The van der Waals surface area contributed by atoms with Gasteiger partial charge < -0.3 is 20.7 Å². The number of hydrogen-bond donors (Lipinski definition) is 2. The number of pyridine rings is 1. The van der Waals surface area contributed by atoms with Crippen LogP contribution in [0.1, 0.15) is 48.0 Å². The van der Waals surface area contributed by atoms with Crippen LogP contribution < -0.4 is 11.1 Å². The van der Waals surface area contributed by atoms with Crippen molar-refractivity contribution in [1.82, 2.24) is 20.1 Å². The lowest BCUT2D eigenvalue weighted by molar-refractivity contribution is -0.125. The molecule has 1 aromatic heterocycles. The number of likely N-dealkylation sites (tertiary alicyclic amines) is 1. The molecule has 2 aromatic rings. The van der Waals surface area contributed by atoms with Gasteiger partial charge >= 0.3 is 0 Å². The molecule has 2 amide bonds. The molecule has 1 aliphatic heterocycles. The average Bonchev–Trinajstić information content (AvgIpc) is 3.40. The van der Waals surface area contributed by atoms with Gasteiger partial charge in [-0.2, -0.15) is 0 Å². The fraction of sp³-hybridized carbons (Fsp3) is 0.552. The van der Waals surface area contributed by atoms with Crippen molar-refractivity contribution >= 4 is 11.8 Å². The van der Waals surface area contributed by atoms with Crippen LogP contribution in [0.4, 0.5) is 0 Å². The summed E-state index contributed by atoms with van der Waals surface area (Å²) in [5.74, 6) is 0.772. The van der Waals surface area contributed by atoms with E-state index in [2.05, 4.69) is 27.3 Å². The molecule has 3 N–H and O–H groups in total. The lowest BCUT2D eigenvalue weighted by Crippen LogP contribution is -2.47. The second kappa shape index (κ2) is 13.7. The number of rotatable bonds is 11. The Bertz CT molecular complexity index is 990. The number of carbonyl (C=O) groups excluding carboxylic acids is 2. The first-order chi connectivity index (χ1) is 18.1. The molecule has 8 heteroatoms. The number of hydrogen-bond acceptors (Lipinski definition) is 6. The molecule has 1 saturated heterocycles. The van der Waals surface area contributed by atoms with Gasteiger partial charge in [-0.15, -0.1) is 0 Å². The maximum absolute atomic E-state index is 13.5. The summed E-state index contributed by atoms with van der Waals surface area (Å²) in [5, 5.41) is 3.20. The Morgan fingerprint density at radius 1 is 1.14 bits per heavy atom. The molecule has 1 saturated carbocycles. The summed E-state index contributed by atoms with van der Waals surface area (Å²) >= 11 is 0. The number of carbonyl (C=O) groups is 2. The van der Waals surface area contributed by atoms with E-state index in [1.807, 2.05) is 18.2 Å². The van der Waals surface area contributed by atoms with Crippen molar-refractivity contribution in [1.29, 1.82) is 0 Å². The average molecular weight is 508 g/mol. The van der Waals surface area contributed by atoms with E-state index in [0.29, 0.717) is 50.1 Å². The third-order valence-corrected chi connectivity index (χ3v) is 7.87. The topological polar surface area (TPSA) is 101 Å². The monoisotopic (exact) mass is 507 g/mol. The van der Waals surface area contributed by atoms with Gasteiger partial charge in [-0.05, 0) is 61.8 Å². The minimum absolute atomic E-state index is 0.0445. The maximum atomic E-state index is 13.5. The number of benzene rings is 1. The Hall–Kier alpha value is -2.81. The normalized spacial score (nSPS) is 23.8. The first kappa shape index (κ1) is 27.2. The molecule has 2 heterocycles. The maximum Gasteiger partial charge on any atom is 0.256 e. The number of aromatic nitrogens is 1. The van der Waals surface area contributed by atoms with Crippen molar-refractivity contribution in [2.24, 2.45) is 17.6 Å². The third-order valence-electron chi connectivity index (χ3n) is 7.87. The Morgan fingerprint density at radius 2 is 1.95 bits per heavy atom. The molecule has 37 heavy (non-hydrogen) atoms. The summed E-state index contributed by atoms with van der Waals surface area (Å²) in [6.07, 6.45) is 8.33. The summed E-state index contributed by atoms with van der Waals surface area (Å²) in [5.41, 5.74) is 7.61. The fourth-order valence-electron chi connectivity index (χ4n) is 5.79. The molecule has 4 atom stereocenters. The number of amides is 2. The Kier molecular flexibility index (Phi) is 10.0. The van der Waals surface area contributed by atoms with Crippen molar-refractivity contribution in [2.75, 3.05) is 39.9 Å². The lowest BCUT2D eigenvalue weighted by atomic mass is 9.81. The Morgan fingerprint density at radius 3 is 2.68 bits per heavy atom. The summed E-state index contributed by atoms with van der Waals surface area (Å²) in [6.45, 7) is 3.88. The third kappa shape index (κ3) is 7.37. The minimum atomic E-state index is -0.521. The molecule has 2 fully saturated rings. The van der Waals surface area contributed by atoms with Gasteiger partial charge in [0, 0.05) is 51.7 Å². The largest absolute Gasteiger partial charge is 0.383 e. The summed E-state index contributed by atoms with van der Waals surface area (Å²) < 4.78 is 5.39. The van der Waals surface area contributed by atoms with Gasteiger partial charge in [0.25, 0.3) is 5.91 Å². The Balaban J connectivity index is 1.49. The van der Waals surface area contributed by atoms with E-state index in [0.717, 1.165) is 32.4 Å². The zero-order chi connectivity index (χ0) is 26.0. The molecular weight excluding hydrogens is 466 g/mol. The van der Waals surface area contributed by atoms with Crippen LogP contribution in [0.5, 0.6) is 0 Å². The van der Waals surface area contributed by atoms with Gasteiger partial charge in [-0.25, -0.2) is 0 Å². The van der Waals surface area contributed by atoms with Crippen molar-refractivity contribution in [3.63, 3.8) is 0 Å². The quantitative estimate of drug-likeness (QED) is 0.485. The van der Waals surface area contributed by atoms with E-state index in [-0.39, 0.29) is 17.9 Å². The molecule has 1 aliphatic carbocycles. The highest BCUT2D eigenvalue weighted by atomic mass is 16.5. The smallest absolute Gasteiger partial charge is 0.256 e. The lowest BCUT2D eigenvalue weighted by Gasteiger charge is -2.29. The van der Waals surface area contributed by atoms with Crippen LogP contribution in [0.25, 0.3) is 0 Å². The van der Waals surface area contributed by atoms with Crippen LogP contribution in [0.3, 0.4) is 0 Å². The molecule has 4 unspecified atom stereocenters. The fourth-order valence-corrected chi connectivity index (χ4v) is 5.79. The molecule has 1 aromatic carbocycles. The van der Waals surface area contributed by atoms with Crippen LogP contribution in [0.15, 0.2) is 54.9 Å². The zero-order valence-corrected chi connectivity index (χ0v) is 21.9. The highest BCUT2D eigenvalue weighted by molar-refractivity contribution is 5.97. The van der Waals surface area contributed by atoms with E-state index in [1.54, 1.807) is 36.5 Å². The van der Waals surface area contributed by atoms with Crippen molar-refractivity contribution in [3.8, 4) is 0 Å². The van der Waals surface area contributed by atoms with E-state index in [9.17, 15) is 9.59 Å². The van der Waals surface area contributed by atoms with Crippen molar-refractivity contribution < 1.29 is 14.3 Å². The predicted octanol–water partition coefficient (Wildman–Crippen LogP) is 2.69. The van der Waals surface area contributed by atoms with Crippen LogP contribution in [-0.4, -0.2) is 78.6 Å². The molecule has 0 radical (unpaired) electrons. The summed E-state index contributed by atoms with van der Waals surface area (Å²) in [7, 11) is 1.70. The molecule has 0 bridgehead atoms. The van der Waals surface area contributed by atoms with Crippen LogP contribution >= 0.6 is 0 Å². The van der Waals surface area contributed by atoms with Crippen molar-refractivity contribution in [2.45, 2.75) is 50.7 Å². The SMILES string of the molecule is COCCN(Cc1ccccc1)C1CC(C(=O)NCC2CCCC(CN)C2)N(C(=O)c2cccnc2)C1.